The van der Waals surface area contributed by atoms with Gasteiger partial charge in [0.25, 0.3) is 0 Å². The molecule has 2 rings (SSSR count). The lowest BCUT2D eigenvalue weighted by Gasteiger charge is -2.28. The van der Waals surface area contributed by atoms with Crippen LogP contribution in [0.2, 0.25) is 0 Å². The Kier molecular flexibility index (Phi) is 9.12. The maximum atomic E-state index is 13.1. The number of benzene rings is 2. The number of hydrogen-bond donors (Lipinski definition) is 0. The van der Waals surface area contributed by atoms with E-state index in [1.165, 1.54) is 29.0 Å². The summed E-state index contributed by atoms with van der Waals surface area (Å²) in [5.74, 6) is 0.00822. The molecule has 0 radical (unpaired) electrons. The first-order valence-corrected chi connectivity index (χ1v) is 11.3. The highest BCUT2D eigenvalue weighted by molar-refractivity contribution is 5.92. The number of hydrogen-bond acceptors (Lipinski definition) is 5. The number of carbonyl (C=O) groups excluding carboxylic acids is 3. The number of anilines is 1. The van der Waals surface area contributed by atoms with Gasteiger partial charge in [0.15, 0.2) is 5.60 Å². The molecule has 0 heterocycles. The normalized spacial score (nSPS) is 11.6. The number of ether oxygens (including phenoxy) is 2. The summed E-state index contributed by atoms with van der Waals surface area (Å²) in [5.41, 5.74) is 0.366. The van der Waals surface area contributed by atoms with Crippen molar-refractivity contribution in [1.29, 1.82) is 0 Å². The highest BCUT2D eigenvalue weighted by Crippen LogP contribution is 2.31. The lowest BCUT2D eigenvalue weighted by molar-refractivity contribution is -0.158. The Balaban J connectivity index is 2.24. The summed E-state index contributed by atoms with van der Waals surface area (Å²) < 4.78 is 49.6. The fraction of sp³-hybridized carbons (Fsp3) is 0.423. The molecule has 2 aromatic rings. The molecule has 0 aliphatic rings. The molecule has 10 heteroatoms. The van der Waals surface area contributed by atoms with Crippen LogP contribution in [0.4, 0.5) is 23.7 Å². The largest absolute Gasteiger partial charge is 0.476 e. The number of nitrogens with zero attached hydrogens (tertiary/aromatic N) is 2. The molecule has 0 saturated heterocycles. The maximum absolute atomic E-state index is 13.1. The minimum absolute atomic E-state index is 0.0752. The molecule has 2 amide bonds. The third-order valence-electron chi connectivity index (χ3n) is 5.45. The van der Waals surface area contributed by atoms with Crippen molar-refractivity contribution in [3.8, 4) is 5.75 Å². The van der Waals surface area contributed by atoms with Crippen LogP contribution in [0.3, 0.4) is 0 Å². The second-order valence-electron chi connectivity index (χ2n) is 8.82. The van der Waals surface area contributed by atoms with Crippen LogP contribution >= 0.6 is 0 Å². The first-order valence-electron chi connectivity index (χ1n) is 11.3. The molecule has 0 aliphatic carbocycles. The zero-order valence-electron chi connectivity index (χ0n) is 21.2. The van der Waals surface area contributed by atoms with Crippen molar-refractivity contribution in [2.75, 3.05) is 25.1 Å². The number of rotatable bonds is 9. The number of alkyl halides is 3. The lowest BCUT2D eigenvalue weighted by Crippen LogP contribution is -2.42. The minimum atomic E-state index is -4.48. The molecule has 0 spiro atoms. The molecule has 0 aliphatic heterocycles. The number of urea groups is 1. The van der Waals surface area contributed by atoms with Gasteiger partial charge in [-0.3, -0.25) is 4.90 Å². The fourth-order valence-corrected chi connectivity index (χ4v) is 3.61. The number of aldehydes is 1. The van der Waals surface area contributed by atoms with E-state index >= 15 is 0 Å². The van der Waals surface area contributed by atoms with Crippen LogP contribution in [0.15, 0.2) is 36.4 Å². The molecule has 0 bridgehead atoms. The van der Waals surface area contributed by atoms with Gasteiger partial charge in [0.1, 0.15) is 12.0 Å². The van der Waals surface area contributed by atoms with Gasteiger partial charge in [-0.15, -0.1) is 0 Å². The fourth-order valence-electron chi connectivity index (χ4n) is 3.61. The van der Waals surface area contributed by atoms with Crippen molar-refractivity contribution in [3.05, 3.63) is 58.7 Å². The van der Waals surface area contributed by atoms with Gasteiger partial charge < -0.3 is 19.2 Å². The smallest absolute Gasteiger partial charge is 0.416 e. The van der Waals surface area contributed by atoms with Crippen molar-refractivity contribution in [2.24, 2.45) is 0 Å². The zero-order valence-corrected chi connectivity index (χ0v) is 21.2. The first-order chi connectivity index (χ1) is 16.7. The molecule has 0 saturated carbocycles. The van der Waals surface area contributed by atoms with Crippen molar-refractivity contribution in [3.63, 3.8) is 0 Å². The average Bonchev–Trinajstić information content (AvgIpc) is 2.80. The van der Waals surface area contributed by atoms with Crippen LogP contribution < -0.4 is 9.64 Å². The Hall–Kier alpha value is -3.56. The maximum Gasteiger partial charge on any atom is 0.416 e. The Morgan fingerprint density at radius 2 is 1.58 bits per heavy atom. The monoisotopic (exact) mass is 508 g/mol. The van der Waals surface area contributed by atoms with Crippen LogP contribution in [-0.4, -0.2) is 49.0 Å². The second-order valence-corrected chi connectivity index (χ2v) is 8.82. The number of esters is 1. The highest BCUT2D eigenvalue weighted by atomic mass is 19.4. The molecule has 0 unspecified atom stereocenters. The van der Waals surface area contributed by atoms with Crippen LogP contribution in [0.5, 0.6) is 5.75 Å². The summed E-state index contributed by atoms with van der Waals surface area (Å²) in [7, 11) is 1.42. The number of amides is 2. The van der Waals surface area contributed by atoms with Crippen LogP contribution in [-0.2, 0) is 27.0 Å². The lowest BCUT2D eigenvalue weighted by atomic mass is 10.0. The van der Waals surface area contributed by atoms with Gasteiger partial charge in [0.2, 0.25) is 0 Å². The Morgan fingerprint density at radius 3 is 2.06 bits per heavy atom. The summed E-state index contributed by atoms with van der Waals surface area (Å²) in [4.78, 5) is 39.0. The summed E-state index contributed by atoms with van der Waals surface area (Å²) in [5, 5.41) is 0. The van der Waals surface area contributed by atoms with E-state index in [-0.39, 0.29) is 25.4 Å². The summed E-state index contributed by atoms with van der Waals surface area (Å²) in [6.07, 6.45) is -3.90. The van der Waals surface area contributed by atoms with Crippen molar-refractivity contribution in [2.45, 2.75) is 52.9 Å². The minimum Gasteiger partial charge on any atom is -0.476 e. The molecular weight excluding hydrogens is 477 g/mol. The topological polar surface area (TPSA) is 76.1 Å². The van der Waals surface area contributed by atoms with Crippen LogP contribution in [0.1, 0.15) is 43.0 Å². The van der Waals surface area contributed by atoms with E-state index in [4.69, 9.17) is 9.47 Å². The van der Waals surface area contributed by atoms with Gasteiger partial charge in [0.05, 0.1) is 18.7 Å². The standard InChI is InChI=1S/C26H31F3N2O5/c1-7-35-23(33)25(4,5)36-22-17(2)14-19(15-18(22)3)16-31(12-13-32)24(34)30(6)21-10-8-20(9-11-21)26(27,28)29/h8-11,13-15H,7,12,16H2,1-6H3. The van der Waals surface area contributed by atoms with E-state index in [0.29, 0.717) is 17.6 Å². The number of aryl methyl sites for hydroxylation is 2. The average molecular weight is 509 g/mol. The molecule has 2 aromatic carbocycles. The van der Waals surface area contributed by atoms with E-state index in [0.717, 1.165) is 23.3 Å². The molecule has 0 aromatic heterocycles. The molecule has 196 valence electrons. The number of carbonyl (C=O) groups is 3. The molecule has 7 nitrogen and oxygen atoms in total. The van der Waals surface area contributed by atoms with E-state index in [1.54, 1.807) is 46.8 Å². The summed E-state index contributed by atoms with van der Waals surface area (Å²) >= 11 is 0. The van der Waals surface area contributed by atoms with Crippen LogP contribution in [0.25, 0.3) is 0 Å². The first kappa shape index (κ1) is 28.7. The Morgan fingerprint density at radius 1 is 1.03 bits per heavy atom. The van der Waals surface area contributed by atoms with E-state index in [1.807, 2.05) is 0 Å². The summed E-state index contributed by atoms with van der Waals surface area (Å²) in [6, 6.07) is 7.20. The summed E-state index contributed by atoms with van der Waals surface area (Å²) in [6.45, 7) is 8.62. The van der Waals surface area contributed by atoms with Gasteiger partial charge in [-0.25, -0.2) is 9.59 Å². The highest BCUT2D eigenvalue weighted by Gasteiger charge is 2.33. The van der Waals surface area contributed by atoms with Crippen molar-refractivity contribution >= 4 is 24.0 Å². The van der Waals surface area contributed by atoms with Gasteiger partial charge in [0, 0.05) is 19.3 Å². The Bertz CT molecular complexity index is 1070. The molecule has 0 N–H and O–H groups in total. The van der Waals surface area contributed by atoms with Crippen molar-refractivity contribution < 1.29 is 37.0 Å². The van der Waals surface area contributed by atoms with E-state index in [2.05, 4.69) is 0 Å². The molecule has 36 heavy (non-hydrogen) atoms. The molecule has 0 atom stereocenters. The molecule has 0 fully saturated rings. The van der Waals surface area contributed by atoms with Crippen LogP contribution in [0, 0.1) is 13.8 Å². The Labute approximate surface area is 208 Å². The predicted octanol–water partition coefficient (Wildman–Crippen LogP) is 5.30. The van der Waals surface area contributed by atoms with Gasteiger partial charge >= 0.3 is 18.2 Å². The third-order valence-corrected chi connectivity index (χ3v) is 5.45. The number of halogens is 3. The second kappa shape index (κ2) is 11.5. The van der Waals surface area contributed by atoms with Gasteiger partial charge in [-0.05, 0) is 75.6 Å². The van der Waals surface area contributed by atoms with Gasteiger partial charge in [-0.1, -0.05) is 12.1 Å². The quantitative estimate of drug-likeness (QED) is 0.339. The molecular formula is C26H31F3N2O5. The third kappa shape index (κ3) is 6.99. The predicted molar refractivity (Wildman–Crippen MR) is 129 cm³/mol. The van der Waals surface area contributed by atoms with Crippen molar-refractivity contribution in [1.82, 2.24) is 4.90 Å². The SMILES string of the molecule is CCOC(=O)C(C)(C)Oc1c(C)cc(CN(CC=O)C(=O)N(C)c2ccc(C(F)(F)F)cc2)cc1C. The van der Waals surface area contributed by atoms with Gasteiger partial charge in [-0.2, -0.15) is 13.2 Å². The van der Waals surface area contributed by atoms with E-state index in [9.17, 15) is 27.6 Å². The zero-order chi connectivity index (χ0) is 27.3. The van der Waals surface area contributed by atoms with E-state index < -0.39 is 29.3 Å².